The zero-order valence-electron chi connectivity index (χ0n) is 11.2. The molecule has 0 bridgehead atoms. The van der Waals surface area contributed by atoms with Gasteiger partial charge in [-0.15, -0.1) is 0 Å². The Balaban J connectivity index is 1.55. The van der Waals surface area contributed by atoms with Gasteiger partial charge in [0.1, 0.15) is 5.82 Å². The first-order valence-electron chi connectivity index (χ1n) is 6.74. The highest BCUT2D eigenvalue weighted by molar-refractivity contribution is 5.89. The molecule has 1 aliphatic rings. The summed E-state index contributed by atoms with van der Waals surface area (Å²) in [6.07, 6.45) is 2.31. The summed E-state index contributed by atoms with van der Waals surface area (Å²) in [4.78, 5) is 11.5. The number of ether oxygens (including phenoxy) is 2. The van der Waals surface area contributed by atoms with Crippen LogP contribution in [-0.2, 0) is 9.47 Å². The second-order valence-corrected chi connectivity index (χ2v) is 4.60. The SMILES string of the molecule is O=C(NCCOC[C@@H]1CCCO1)Nc1cccc(F)c1. The van der Waals surface area contributed by atoms with E-state index in [4.69, 9.17) is 9.47 Å². The number of halogens is 1. The van der Waals surface area contributed by atoms with Crippen molar-refractivity contribution in [2.24, 2.45) is 0 Å². The van der Waals surface area contributed by atoms with Crippen molar-refractivity contribution in [2.45, 2.75) is 18.9 Å². The van der Waals surface area contributed by atoms with Gasteiger partial charge in [-0.1, -0.05) is 6.07 Å². The Morgan fingerprint density at radius 2 is 2.40 bits per heavy atom. The Morgan fingerprint density at radius 3 is 3.15 bits per heavy atom. The van der Waals surface area contributed by atoms with Crippen LogP contribution in [0, 0.1) is 5.82 Å². The number of benzene rings is 1. The average Bonchev–Trinajstić information content (AvgIpc) is 2.91. The third-order valence-corrected chi connectivity index (χ3v) is 2.94. The van der Waals surface area contributed by atoms with E-state index in [2.05, 4.69) is 10.6 Å². The van der Waals surface area contributed by atoms with Gasteiger partial charge in [0.2, 0.25) is 0 Å². The fourth-order valence-corrected chi connectivity index (χ4v) is 1.97. The summed E-state index contributed by atoms with van der Waals surface area (Å²) in [6, 6.07) is 5.36. The van der Waals surface area contributed by atoms with Gasteiger partial charge < -0.3 is 20.1 Å². The molecule has 2 N–H and O–H groups in total. The summed E-state index contributed by atoms with van der Waals surface area (Å²) >= 11 is 0. The lowest BCUT2D eigenvalue weighted by Crippen LogP contribution is -2.32. The topological polar surface area (TPSA) is 59.6 Å². The first-order valence-corrected chi connectivity index (χ1v) is 6.74. The molecule has 0 aliphatic carbocycles. The van der Waals surface area contributed by atoms with E-state index in [9.17, 15) is 9.18 Å². The lowest BCUT2D eigenvalue weighted by Gasteiger charge is -2.11. The molecule has 0 spiro atoms. The normalized spacial score (nSPS) is 17.9. The van der Waals surface area contributed by atoms with Gasteiger partial charge in [-0.25, -0.2) is 9.18 Å². The molecular formula is C14H19FN2O3. The van der Waals surface area contributed by atoms with Crippen molar-refractivity contribution in [1.29, 1.82) is 0 Å². The van der Waals surface area contributed by atoms with Gasteiger partial charge in [-0.2, -0.15) is 0 Å². The monoisotopic (exact) mass is 282 g/mol. The average molecular weight is 282 g/mol. The van der Waals surface area contributed by atoms with Gasteiger partial charge in [0.15, 0.2) is 0 Å². The van der Waals surface area contributed by atoms with Crippen LogP contribution in [0.1, 0.15) is 12.8 Å². The number of urea groups is 1. The minimum absolute atomic E-state index is 0.191. The lowest BCUT2D eigenvalue weighted by molar-refractivity contribution is 0.0189. The number of amides is 2. The van der Waals surface area contributed by atoms with E-state index < -0.39 is 0 Å². The van der Waals surface area contributed by atoms with Crippen LogP contribution < -0.4 is 10.6 Å². The largest absolute Gasteiger partial charge is 0.377 e. The first-order chi connectivity index (χ1) is 9.74. The van der Waals surface area contributed by atoms with E-state index in [1.54, 1.807) is 6.07 Å². The van der Waals surface area contributed by atoms with Crippen molar-refractivity contribution in [1.82, 2.24) is 5.32 Å². The quantitative estimate of drug-likeness (QED) is 0.786. The molecule has 1 aromatic rings. The molecule has 1 atom stereocenters. The fraction of sp³-hybridized carbons (Fsp3) is 0.500. The predicted octanol–water partition coefficient (Wildman–Crippen LogP) is 2.14. The first kappa shape index (κ1) is 14.7. The molecule has 1 heterocycles. The van der Waals surface area contributed by atoms with Crippen LogP contribution in [0.2, 0.25) is 0 Å². The molecule has 2 rings (SSSR count). The zero-order valence-corrected chi connectivity index (χ0v) is 11.2. The Kier molecular flexibility index (Phi) is 5.76. The highest BCUT2D eigenvalue weighted by Crippen LogP contribution is 2.11. The van der Waals surface area contributed by atoms with Gasteiger partial charge in [-0.3, -0.25) is 0 Å². The van der Waals surface area contributed by atoms with Crippen LogP contribution >= 0.6 is 0 Å². The van der Waals surface area contributed by atoms with Crippen molar-refractivity contribution < 1.29 is 18.7 Å². The predicted molar refractivity (Wildman–Crippen MR) is 73.2 cm³/mol. The van der Waals surface area contributed by atoms with Crippen LogP contribution in [0.3, 0.4) is 0 Å². The number of nitrogens with one attached hydrogen (secondary N) is 2. The Morgan fingerprint density at radius 1 is 1.50 bits per heavy atom. The number of carbonyl (C=O) groups excluding carboxylic acids is 1. The standard InChI is InChI=1S/C14H19FN2O3/c15-11-3-1-4-12(9-11)17-14(18)16-6-8-19-10-13-5-2-7-20-13/h1,3-4,9,13H,2,5-8,10H2,(H2,16,17,18)/t13-/m0/s1. The molecule has 6 heteroatoms. The highest BCUT2D eigenvalue weighted by Gasteiger charge is 2.14. The molecular weight excluding hydrogens is 263 g/mol. The van der Waals surface area contributed by atoms with E-state index in [0.717, 1.165) is 19.4 Å². The van der Waals surface area contributed by atoms with Gasteiger partial charge >= 0.3 is 6.03 Å². The number of rotatable bonds is 6. The summed E-state index contributed by atoms with van der Waals surface area (Å²) in [5.74, 6) is -0.386. The molecule has 1 aliphatic heterocycles. The third-order valence-electron chi connectivity index (χ3n) is 2.94. The van der Waals surface area contributed by atoms with Crippen molar-refractivity contribution in [3.05, 3.63) is 30.1 Å². The minimum atomic E-state index is -0.386. The fourth-order valence-electron chi connectivity index (χ4n) is 1.97. The Labute approximate surface area is 117 Å². The summed E-state index contributed by atoms with van der Waals surface area (Å²) < 4.78 is 23.7. The van der Waals surface area contributed by atoms with Crippen LogP contribution in [0.25, 0.3) is 0 Å². The molecule has 5 nitrogen and oxygen atoms in total. The Bertz CT molecular complexity index is 436. The van der Waals surface area contributed by atoms with Crippen LogP contribution in [0.5, 0.6) is 0 Å². The summed E-state index contributed by atoms with van der Waals surface area (Å²) in [7, 11) is 0. The van der Waals surface area contributed by atoms with Gasteiger partial charge in [0, 0.05) is 18.8 Å². The zero-order chi connectivity index (χ0) is 14.2. The van der Waals surface area contributed by atoms with Crippen LogP contribution in [0.4, 0.5) is 14.9 Å². The van der Waals surface area contributed by atoms with Crippen LogP contribution in [-0.4, -0.2) is 38.5 Å². The van der Waals surface area contributed by atoms with E-state index in [-0.39, 0.29) is 18.0 Å². The van der Waals surface area contributed by atoms with Crippen molar-refractivity contribution >= 4 is 11.7 Å². The van der Waals surface area contributed by atoms with Crippen molar-refractivity contribution in [2.75, 3.05) is 31.7 Å². The van der Waals surface area contributed by atoms with E-state index >= 15 is 0 Å². The van der Waals surface area contributed by atoms with Gasteiger partial charge in [0.25, 0.3) is 0 Å². The third kappa shape index (κ3) is 5.14. The molecule has 0 radical (unpaired) electrons. The summed E-state index contributed by atoms with van der Waals surface area (Å²) in [6.45, 7) is 2.19. The molecule has 1 saturated heterocycles. The highest BCUT2D eigenvalue weighted by atomic mass is 19.1. The van der Waals surface area contributed by atoms with E-state index in [1.165, 1.54) is 18.2 Å². The minimum Gasteiger partial charge on any atom is -0.377 e. The molecule has 2 amide bonds. The number of hydrogen-bond donors (Lipinski definition) is 2. The molecule has 110 valence electrons. The number of hydrogen-bond acceptors (Lipinski definition) is 3. The maximum atomic E-state index is 12.9. The molecule has 0 saturated carbocycles. The molecule has 0 aromatic heterocycles. The molecule has 20 heavy (non-hydrogen) atoms. The lowest BCUT2D eigenvalue weighted by atomic mass is 10.2. The van der Waals surface area contributed by atoms with Crippen molar-refractivity contribution in [3.63, 3.8) is 0 Å². The number of carbonyl (C=O) groups is 1. The summed E-state index contributed by atoms with van der Waals surface area (Å²) in [5, 5.41) is 5.18. The molecule has 0 unspecified atom stereocenters. The Hall–Kier alpha value is -1.66. The smallest absolute Gasteiger partial charge is 0.319 e. The van der Waals surface area contributed by atoms with Crippen LogP contribution in [0.15, 0.2) is 24.3 Å². The van der Waals surface area contributed by atoms with E-state index in [1.807, 2.05) is 0 Å². The molecule has 1 fully saturated rings. The molecule has 1 aromatic carbocycles. The van der Waals surface area contributed by atoms with Crippen molar-refractivity contribution in [3.8, 4) is 0 Å². The second kappa shape index (κ2) is 7.81. The van der Waals surface area contributed by atoms with E-state index in [0.29, 0.717) is 25.4 Å². The van der Waals surface area contributed by atoms with Gasteiger partial charge in [0.05, 0.1) is 19.3 Å². The maximum Gasteiger partial charge on any atom is 0.319 e. The van der Waals surface area contributed by atoms with Gasteiger partial charge in [-0.05, 0) is 31.0 Å². The number of anilines is 1. The second-order valence-electron chi connectivity index (χ2n) is 4.60. The summed E-state index contributed by atoms with van der Waals surface area (Å²) in [5.41, 5.74) is 0.419. The maximum absolute atomic E-state index is 12.9.